The lowest BCUT2D eigenvalue weighted by Crippen LogP contribution is -2.43. The molecule has 0 spiro atoms. The van der Waals surface area contributed by atoms with Crippen LogP contribution in [0.15, 0.2) is 0 Å². The molecule has 1 aliphatic carbocycles. The predicted octanol–water partition coefficient (Wildman–Crippen LogP) is 1.51. The molecule has 1 amide bonds. The van der Waals surface area contributed by atoms with E-state index in [9.17, 15) is 4.79 Å². The van der Waals surface area contributed by atoms with Crippen LogP contribution in [0.3, 0.4) is 0 Å². The van der Waals surface area contributed by atoms with Crippen molar-refractivity contribution in [2.45, 2.75) is 63.5 Å². The molecule has 1 saturated carbocycles. The van der Waals surface area contributed by atoms with Gasteiger partial charge in [0.1, 0.15) is 0 Å². The molecule has 2 aliphatic rings. The number of likely N-dealkylation sites (N-methyl/N-ethyl adjacent to an activating group) is 1. The second-order valence-electron chi connectivity index (χ2n) is 6.16. The van der Waals surface area contributed by atoms with Gasteiger partial charge in [0.05, 0.1) is 6.54 Å². The summed E-state index contributed by atoms with van der Waals surface area (Å²) in [5, 5.41) is 6.49. The van der Waals surface area contributed by atoms with Crippen molar-refractivity contribution in [1.29, 1.82) is 0 Å². The lowest BCUT2D eigenvalue weighted by molar-refractivity contribution is -0.121. The molecular weight excluding hydrogens is 238 g/mol. The number of hydrogen-bond acceptors (Lipinski definition) is 3. The Morgan fingerprint density at radius 3 is 2.47 bits per heavy atom. The molecule has 2 rings (SSSR count). The first-order chi connectivity index (χ1) is 9.25. The minimum absolute atomic E-state index is 0.174. The zero-order chi connectivity index (χ0) is 13.5. The monoisotopic (exact) mass is 267 g/mol. The minimum Gasteiger partial charge on any atom is -0.352 e. The summed E-state index contributed by atoms with van der Waals surface area (Å²) in [6, 6.07) is 1.04. The average Bonchev–Trinajstić information content (AvgIpc) is 2.65. The summed E-state index contributed by atoms with van der Waals surface area (Å²) < 4.78 is 0. The van der Waals surface area contributed by atoms with Crippen LogP contribution in [0, 0.1) is 0 Å². The molecule has 2 N–H and O–H groups in total. The van der Waals surface area contributed by atoms with E-state index >= 15 is 0 Å². The van der Waals surface area contributed by atoms with E-state index in [2.05, 4.69) is 22.6 Å². The summed E-state index contributed by atoms with van der Waals surface area (Å²) in [5.74, 6) is 0.174. The SMILES string of the molecule is CN1CCCC1CNCC(=O)NC1CCCCCC1. The molecule has 1 saturated heterocycles. The minimum atomic E-state index is 0.174. The van der Waals surface area contributed by atoms with Gasteiger partial charge >= 0.3 is 0 Å². The highest BCUT2D eigenvalue weighted by atomic mass is 16.1. The van der Waals surface area contributed by atoms with Crippen molar-refractivity contribution in [2.75, 3.05) is 26.7 Å². The van der Waals surface area contributed by atoms with Crippen LogP contribution in [0.25, 0.3) is 0 Å². The molecule has 110 valence electrons. The van der Waals surface area contributed by atoms with E-state index in [-0.39, 0.29) is 5.91 Å². The Morgan fingerprint density at radius 2 is 1.84 bits per heavy atom. The lowest BCUT2D eigenvalue weighted by atomic mass is 10.1. The number of rotatable bonds is 5. The fourth-order valence-corrected chi connectivity index (χ4v) is 3.29. The van der Waals surface area contributed by atoms with Crippen molar-refractivity contribution in [2.24, 2.45) is 0 Å². The third-order valence-electron chi connectivity index (χ3n) is 4.56. The molecule has 1 atom stereocenters. The van der Waals surface area contributed by atoms with Gasteiger partial charge in [-0.05, 0) is 39.3 Å². The van der Waals surface area contributed by atoms with Crippen LogP contribution in [0.5, 0.6) is 0 Å². The van der Waals surface area contributed by atoms with Gasteiger partial charge in [0.2, 0.25) is 5.91 Å². The van der Waals surface area contributed by atoms with Gasteiger partial charge in [-0.2, -0.15) is 0 Å². The number of nitrogens with one attached hydrogen (secondary N) is 2. The van der Waals surface area contributed by atoms with E-state index in [1.807, 2.05) is 0 Å². The van der Waals surface area contributed by atoms with Gasteiger partial charge in [-0.1, -0.05) is 25.7 Å². The van der Waals surface area contributed by atoms with E-state index in [1.165, 1.54) is 45.1 Å². The van der Waals surface area contributed by atoms with Gasteiger partial charge in [0.15, 0.2) is 0 Å². The summed E-state index contributed by atoms with van der Waals surface area (Å²) in [7, 11) is 2.17. The summed E-state index contributed by atoms with van der Waals surface area (Å²) in [6.07, 6.45) is 10.1. The number of carbonyl (C=O) groups excluding carboxylic acids is 1. The van der Waals surface area contributed by atoms with Crippen LogP contribution < -0.4 is 10.6 Å². The zero-order valence-electron chi connectivity index (χ0n) is 12.3. The smallest absolute Gasteiger partial charge is 0.234 e. The maximum Gasteiger partial charge on any atom is 0.234 e. The summed E-state index contributed by atoms with van der Waals surface area (Å²) in [4.78, 5) is 14.3. The standard InChI is InChI=1S/C15H29N3O/c1-18-10-6-9-14(18)11-16-12-15(19)17-13-7-4-2-3-5-8-13/h13-14,16H,2-12H2,1H3,(H,17,19). The third kappa shape index (κ3) is 5.11. The van der Waals surface area contributed by atoms with Crippen molar-refractivity contribution >= 4 is 5.91 Å². The number of carbonyl (C=O) groups is 1. The third-order valence-corrected chi connectivity index (χ3v) is 4.56. The zero-order valence-corrected chi connectivity index (χ0v) is 12.3. The molecule has 1 aliphatic heterocycles. The second kappa shape index (κ2) is 7.85. The van der Waals surface area contributed by atoms with E-state index in [0.717, 1.165) is 19.4 Å². The Kier molecular flexibility index (Phi) is 6.11. The number of nitrogens with zero attached hydrogens (tertiary/aromatic N) is 1. The Morgan fingerprint density at radius 1 is 1.11 bits per heavy atom. The highest BCUT2D eigenvalue weighted by Crippen LogP contribution is 2.17. The molecule has 1 heterocycles. The van der Waals surface area contributed by atoms with Crippen LogP contribution >= 0.6 is 0 Å². The van der Waals surface area contributed by atoms with Gasteiger partial charge in [-0.3, -0.25) is 4.79 Å². The van der Waals surface area contributed by atoms with Gasteiger partial charge in [0.25, 0.3) is 0 Å². The predicted molar refractivity (Wildman–Crippen MR) is 78.2 cm³/mol. The van der Waals surface area contributed by atoms with E-state index in [4.69, 9.17) is 0 Å². The Balaban J connectivity index is 1.58. The first-order valence-electron chi connectivity index (χ1n) is 7.96. The van der Waals surface area contributed by atoms with Crippen molar-refractivity contribution in [3.05, 3.63) is 0 Å². The van der Waals surface area contributed by atoms with Crippen molar-refractivity contribution < 1.29 is 4.79 Å². The van der Waals surface area contributed by atoms with Crippen molar-refractivity contribution in [1.82, 2.24) is 15.5 Å². The molecule has 19 heavy (non-hydrogen) atoms. The highest BCUT2D eigenvalue weighted by molar-refractivity contribution is 5.78. The Hall–Kier alpha value is -0.610. The molecule has 0 bridgehead atoms. The van der Waals surface area contributed by atoms with E-state index in [1.54, 1.807) is 0 Å². The summed E-state index contributed by atoms with van der Waals surface area (Å²) >= 11 is 0. The molecule has 2 fully saturated rings. The van der Waals surface area contributed by atoms with Crippen LogP contribution in [0.1, 0.15) is 51.4 Å². The van der Waals surface area contributed by atoms with E-state index in [0.29, 0.717) is 18.6 Å². The maximum atomic E-state index is 11.9. The molecular formula is C15H29N3O. The van der Waals surface area contributed by atoms with Crippen LogP contribution in [-0.4, -0.2) is 49.6 Å². The normalized spacial score (nSPS) is 26.3. The van der Waals surface area contributed by atoms with Crippen molar-refractivity contribution in [3.63, 3.8) is 0 Å². The average molecular weight is 267 g/mol. The van der Waals surface area contributed by atoms with Gasteiger partial charge in [-0.25, -0.2) is 0 Å². The van der Waals surface area contributed by atoms with Gasteiger partial charge in [0, 0.05) is 18.6 Å². The molecule has 4 heteroatoms. The lowest BCUT2D eigenvalue weighted by Gasteiger charge is -2.20. The van der Waals surface area contributed by atoms with Gasteiger partial charge in [-0.15, -0.1) is 0 Å². The largest absolute Gasteiger partial charge is 0.352 e. The van der Waals surface area contributed by atoms with Crippen LogP contribution in [0.2, 0.25) is 0 Å². The molecule has 1 unspecified atom stereocenters. The van der Waals surface area contributed by atoms with Gasteiger partial charge < -0.3 is 15.5 Å². The molecule has 0 aromatic rings. The first-order valence-corrected chi connectivity index (χ1v) is 7.96. The number of likely N-dealkylation sites (tertiary alicyclic amines) is 1. The summed E-state index contributed by atoms with van der Waals surface area (Å²) in [5.41, 5.74) is 0. The fraction of sp³-hybridized carbons (Fsp3) is 0.933. The quantitative estimate of drug-likeness (QED) is 0.742. The van der Waals surface area contributed by atoms with Crippen molar-refractivity contribution in [3.8, 4) is 0 Å². The maximum absolute atomic E-state index is 11.9. The second-order valence-corrected chi connectivity index (χ2v) is 6.16. The fourth-order valence-electron chi connectivity index (χ4n) is 3.29. The molecule has 4 nitrogen and oxygen atoms in total. The van der Waals surface area contributed by atoms with Crippen LogP contribution in [-0.2, 0) is 4.79 Å². The molecule has 0 aromatic heterocycles. The molecule has 0 radical (unpaired) electrons. The highest BCUT2D eigenvalue weighted by Gasteiger charge is 2.20. The molecule has 0 aromatic carbocycles. The number of amides is 1. The topological polar surface area (TPSA) is 44.4 Å². The Bertz CT molecular complexity index is 275. The number of hydrogen-bond donors (Lipinski definition) is 2. The summed E-state index contributed by atoms with van der Waals surface area (Å²) in [6.45, 7) is 2.61. The van der Waals surface area contributed by atoms with E-state index < -0.39 is 0 Å². The Labute approximate surface area is 117 Å². The first kappa shape index (κ1) is 14.8. The van der Waals surface area contributed by atoms with Crippen LogP contribution in [0.4, 0.5) is 0 Å².